The topological polar surface area (TPSA) is 103 Å². The largest absolute Gasteiger partial charge is 0.493 e. The van der Waals surface area contributed by atoms with E-state index in [9.17, 15) is 14.4 Å². The van der Waals surface area contributed by atoms with Gasteiger partial charge in [0, 0.05) is 21.7 Å². The number of ether oxygens (including phenoxy) is 3. The van der Waals surface area contributed by atoms with Crippen LogP contribution in [0.5, 0.6) is 17.2 Å². The summed E-state index contributed by atoms with van der Waals surface area (Å²) in [7, 11) is 4.49. The van der Waals surface area contributed by atoms with E-state index in [0.29, 0.717) is 45.4 Å². The summed E-state index contributed by atoms with van der Waals surface area (Å²) in [5.74, 6) is 0.552. The van der Waals surface area contributed by atoms with Gasteiger partial charge in [-0.15, -0.1) is 11.8 Å². The summed E-state index contributed by atoms with van der Waals surface area (Å²) in [6, 6.07) is 28.2. The molecule has 42 heavy (non-hydrogen) atoms. The van der Waals surface area contributed by atoms with Gasteiger partial charge in [-0.1, -0.05) is 48.5 Å². The van der Waals surface area contributed by atoms with Crippen molar-refractivity contribution in [3.8, 4) is 17.2 Å². The first-order chi connectivity index (χ1) is 20.4. The highest BCUT2D eigenvalue weighted by Gasteiger charge is 2.18. The number of ketones is 1. The van der Waals surface area contributed by atoms with Crippen molar-refractivity contribution in [2.75, 3.05) is 32.4 Å². The predicted octanol–water partition coefficient (Wildman–Crippen LogP) is 6.10. The molecule has 4 aromatic rings. The molecule has 0 spiro atoms. The second-order valence-electron chi connectivity index (χ2n) is 8.89. The van der Waals surface area contributed by atoms with E-state index in [4.69, 9.17) is 14.2 Å². The molecule has 0 radical (unpaired) electrons. The number of Topliss-reactive ketones (excluding diaryl/α,β-unsaturated/α-hetero) is 1. The zero-order valence-corrected chi connectivity index (χ0v) is 24.2. The molecule has 0 aliphatic rings. The van der Waals surface area contributed by atoms with E-state index in [0.717, 1.165) is 4.90 Å². The van der Waals surface area contributed by atoms with Crippen LogP contribution in [0.2, 0.25) is 0 Å². The predicted molar refractivity (Wildman–Crippen MR) is 165 cm³/mol. The molecule has 0 bridgehead atoms. The zero-order valence-electron chi connectivity index (χ0n) is 23.4. The molecule has 0 unspecified atom stereocenters. The number of amides is 2. The van der Waals surface area contributed by atoms with Crippen LogP contribution in [0.1, 0.15) is 26.3 Å². The second-order valence-corrected chi connectivity index (χ2v) is 9.94. The number of nitrogens with one attached hydrogen (secondary N) is 2. The Morgan fingerprint density at radius 1 is 0.738 bits per heavy atom. The van der Waals surface area contributed by atoms with Crippen LogP contribution < -0.4 is 24.8 Å². The van der Waals surface area contributed by atoms with Gasteiger partial charge in [0.1, 0.15) is 5.70 Å². The monoisotopic (exact) mass is 582 g/mol. The van der Waals surface area contributed by atoms with Crippen molar-refractivity contribution in [2.45, 2.75) is 4.90 Å². The average Bonchev–Trinajstić information content (AvgIpc) is 3.04. The molecule has 0 aliphatic heterocycles. The van der Waals surface area contributed by atoms with Gasteiger partial charge in [0.05, 0.1) is 27.1 Å². The van der Waals surface area contributed by atoms with E-state index in [1.54, 1.807) is 66.7 Å². The minimum absolute atomic E-state index is 0.00466. The number of hydrogen-bond acceptors (Lipinski definition) is 7. The number of hydrogen-bond donors (Lipinski definition) is 2. The Morgan fingerprint density at radius 2 is 1.31 bits per heavy atom. The standard InChI is InChI=1S/C33H30N2O6S/c1-39-29-19-22(20-30(40-2)31(29)41-3)18-27(35-32(37)24-12-8-5-9-13-24)33(38)34-25-14-16-26(17-15-25)42-21-28(36)23-10-6-4-7-11-23/h4-20H,21H2,1-3H3,(H,34,38)(H,35,37)/b27-18-. The fourth-order valence-electron chi connectivity index (χ4n) is 3.98. The van der Waals surface area contributed by atoms with Gasteiger partial charge in [0.2, 0.25) is 5.75 Å². The lowest BCUT2D eigenvalue weighted by atomic mass is 10.1. The van der Waals surface area contributed by atoms with Crippen molar-refractivity contribution >= 4 is 41.1 Å². The van der Waals surface area contributed by atoms with Gasteiger partial charge in [0.25, 0.3) is 11.8 Å². The van der Waals surface area contributed by atoms with Gasteiger partial charge in [-0.25, -0.2) is 0 Å². The van der Waals surface area contributed by atoms with Crippen LogP contribution >= 0.6 is 11.8 Å². The van der Waals surface area contributed by atoms with E-state index in [-0.39, 0.29) is 11.5 Å². The summed E-state index contributed by atoms with van der Waals surface area (Å²) < 4.78 is 16.3. The molecule has 0 aromatic heterocycles. The third-order valence-corrected chi connectivity index (χ3v) is 7.12. The first kappa shape index (κ1) is 30.0. The first-order valence-corrected chi connectivity index (χ1v) is 13.9. The smallest absolute Gasteiger partial charge is 0.272 e. The van der Waals surface area contributed by atoms with Crippen LogP contribution in [-0.4, -0.2) is 44.7 Å². The lowest BCUT2D eigenvalue weighted by Gasteiger charge is -2.15. The van der Waals surface area contributed by atoms with E-state index in [2.05, 4.69) is 10.6 Å². The average molecular weight is 583 g/mol. The lowest BCUT2D eigenvalue weighted by molar-refractivity contribution is -0.113. The molecule has 4 rings (SSSR count). The van der Waals surface area contributed by atoms with Crippen LogP contribution in [0.4, 0.5) is 5.69 Å². The third kappa shape index (κ3) is 7.80. The molecule has 8 nitrogen and oxygen atoms in total. The molecular formula is C33H30N2O6S. The second kappa shape index (κ2) is 14.6. The van der Waals surface area contributed by atoms with Gasteiger partial charge in [-0.05, 0) is 60.2 Å². The summed E-state index contributed by atoms with van der Waals surface area (Å²) in [6.45, 7) is 0. The van der Waals surface area contributed by atoms with Crippen LogP contribution in [0, 0.1) is 0 Å². The lowest BCUT2D eigenvalue weighted by Crippen LogP contribution is -2.30. The molecule has 2 N–H and O–H groups in total. The summed E-state index contributed by atoms with van der Waals surface area (Å²) in [6.07, 6.45) is 1.53. The number of anilines is 1. The molecule has 2 amide bonds. The molecule has 0 atom stereocenters. The highest BCUT2D eigenvalue weighted by molar-refractivity contribution is 8.00. The van der Waals surface area contributed by atoms with Crippen molar-refractivity contribution in [1.29, 1.82) is 0 Å². The molecule has 0 saturated heterocycles. The molecule has 9 heteroatoms. The Bertz CT molecular complexity index is 1550. The molecule has 0 saturated carbocycles. The number of benzene rings is 4. The SMILES string of the molecule is COc1cc(/C=C(\NC(=O)c2ccccc2)C(=O)Nc2ccc(SCC(=O)c3ccccc3)cc2)cc(OC)c1OC. The number of rotatable bonds is 12. The number of carbonyl (C=O) groups is 3. The van der Waals surface area contributed by atoms with Crippen LogP contribution in [-0.2, 0) is 4.79 Å². The van der Waals surface area contributed by atoms with Crippen LogP contribution in [0.15, 0.2) is 108 Å². The summed E-state index contributed by atoms with van der Waals surface area (Å²) in [5.41, 5.74) is 2.12. The van der Waals surface area contributed by atoms with Crippen LogP contribution in [0.25, 0.3) is 6.08 Å². The van der Waals surface area contributed by atoms with Crippen molar-refractivity contribution in [1.82, 2.24) is 5.32 Å². The van der Waals surface area contributed by atoms with Gasteiger partial charge in [0.15, 0.2) is 17.3 Å². The Labute approximate surface area is 248 Å². The van der Waals surface area contributed by atoms with Gasteiger partial charge < -0.3 is 24.8 Å². The summed E-state index contributed by atoms with van der Waals surface area (Å²) in [4.78, 5) is 39.7. The molecule has 0 heterocycles. The molecule has 0 fully saturated rings. The Hall–Kier alpha value is -5.02. The van der Waals surface area contributed by atoms with Crippen molar-refractivity contribution in [2.24, 2.45) is 0 Å². The quantitative estimate of drug-likeness (QED) is 0.118. The van der Waals surface area contributed by atoms with Gasteiger partial charge in [-0.3, -0.25) is 14.4 Å². The van der Waals surface area contributed by atoms with Crippen LogP contribution in [0.3, 0.4) is 0 Å². The maximum absolute atomic E-state index is 13.4. The minimum Gasteiger partial charge on any atom is -0.493 e. The maximum Gasteiger partial charge on any atom is 0.272 e. The molecule has 214 valence electrons. The number of carbonyl (C=O) groups excluding carboxylic acids is 3. The summed E-state index contributed by atoms with van der Waals surface area (Å²) in [5, 5.41) is 5.55. The molecule has 0 aliphatic carbocycles. The first-order valence-electron chi connectivity index (χ1n) is 12.9. The fourth-order valence-corrected chi connectivity index (χ4v) is 4.78. The number of thioether (sulfide) groups is 1. The Balaban J connectivity index is 1.54. The van der Waals surface area contributed by atoms with Crippen molar-refractivity contribution in [3.05, 3.63) is 119 Å². The van der Waals surface area contributed by atoms with E-state index in [1.165, 1.54) is 39.2 Å². The van der Waals surface area contributed by atoms with E-state index >= 15 is 0 Å². The zero-order chi connectivity index (χ0) is 29.9. The fraction of sp³-hybridized carbons (Fsp3) is 0.121. The maximum atomic E-state index is 13.4. The van der Waals surface area contributed by atoms with Crippen molar-refractivity contribution in [3.63, 3.8) is 0 Å². The highest BCUT2D eigenvalue weighted by Crippen LogP contribution is 2.38. The molecular weight excluding hydrogens is 552 g/mol. The van der Waals surface area contributed by atoms with Gasteiger partial charge in [-0.2, -0.15) is 0 Å². The Morgan fingerprint density at radius 3 is 1.86 bits per heavy atom. The van der Waals surface area contributed by atoms with E-state index < -0.39 is 11.8 Å². The minimum atomic E-state index is -0.535. The number of methoxy groups -OCH3 is 3. The Kier molecular flexibility index (Phi) is 10.4. The normalized spacial score (nSPS) is 10.9. The highest BCUT2D eigenvalue weighted by atomic mass is 32.2. The van der Waals surface area contributed by atoms with Crippen molar-refractivity contribution < 1.29 is 28.6 Å². The third-order valence-electron chi connectivity index (χ3n) is 6.10. The summed E-state index contributed by atoms with van der Waals surface area (Å²) >= 11 is 1.41. The van der Waals surface area contributed by atoms with E-state index in [1.807, 2.05) is 30.3 Å². The van der Waals surface area contributed by atoms with Gasteiger partial charge >= 0.3 is 0 Å². The molecule has 4 aromatic carbocycles.